The zero-order valence-corrected chi connectivity index (χ0v) is 13.3. The summed E-state index contributed by atoms with van der Waals surface area (Å²) in [6.07, 6.45) is 6.10. The highest BCUT2D eigenvalue weighted by molar-refractivity contribution is 5.69. The van der Waals surface area contributed by atoms with Crippen molar-refractivity contribution in [3.63, 3.8) is 0 Å². The van der Waals surface area contributed by atoms with Crippen molar-refractivity contribution < 1.29 is 23.7 Å². The number of allylic oxidation sites excluding steroid dienone is 1. The van der Waals surface area contributed by atoms with Crippen molar-refractivity contribution in [1.82, 2.24) is 0 Å². The number of carbonyl (C=O) groups is 1. The largest absolute Gasteiger partial charge is 0.497 e. The van der Waals surface area contributed by atoms with Gasteiger partial charge in [0.1, 0.15) is 11.9 Å². The Morgan fingerprint density at radius 1 is 1.13 bits per heavy atom. The number of carbonyl (C=O) groups excluding carboxylic acids is 1. The van der Waals surface area contributed by atoms with Gasteiger partial charge in [0, 0.05) is 12.0 Å². The first kappa shape index (κ1) is 16.0. The first-order valence-corrected chi connectivity index (χ1v) is 8.02. The Balaban J connectivity index is 1.70. The molecule has 0 saturated carbocycles. The van der Waals surface area contributed by atoms with Crippen molar-refractivity contribution in [1.29, 1.82) is 0 Å². The molecule has 1 fully saturated rings. The maximum absolute atomic E-state index is 11.8. The number of esters is 1. The second kappa shape index (κ2) is 7.62. The van der Waals surface area contributed by atoms with Gasteiger partial charge in [0.15, 0.2) is 12.4 Å². The summed E-state index contributed by atoms with van der Waals surface area (Å²) in [4.78, 5) is 11.8. The molecule has 1 aromatic carbocycles. The average Bonchev–Trinajstić information content (AvgIpc) is 2.59. The highest BCUT2D eigenvalue weighted by atomic mass is 16.7. The predicted molar refractivity (Wildman–Crippen MR) is 84.0 cm³/mol. The molecule has 5 nitrogen and oxygen atoms in total. The lowest BCUT2D eigenvalue weighted by atomic mass is 10.1. The van der Waals surface area contributed by atoms with Crippen molar-refractivity contribution in [3.8, 4) is 5.75 Å². The number of methoxy groups -OCH3 is 1. The summed E-state index contributed by atoms with van der Waals surface area (Å²) in [6, 6.07) is 7.60. The van der Waals surface area contributed by atoms with Gasteiger partial charge in [-0.15, -0.1) is 0 Å². The minimum atomic E-state index is -0.447. The molecular formula is C18H22O5. The summed E-state index contributed by atoms with van der Waals surface area (Å²) in [5, 5.41) is 0. The van der Waals surface area contributed by atoms with Crippen LogP contribution in [-0.4, -0.2) is 31.9 Å². The zero-order chi connectivity index (χ0) is 16.1. The summed E-state index contributed by atoms with van der Waals surface area (Å²) in [5.74, 6) is 0.614. The van der Waals surface area contributed by atoms with E-state index in [1.165, 1.54) is 0 Å². The Kier molecular flexibility index (Phi) is 5.31. The van der Waals surface area contributed by atoms with Crippen molar-refractivity contribution in [2.75, 3.05) is 13.7 Å². The number of benzene rings is 1. The maximum Gasteiger partial charge on any atom is 0.306 e. The molecule has 3 atom stereocenters. The highest BCUT2D eigenvalue weighted by Crippen LogP contribution is 2.30. The molecular weight excluding hydrogens is 296 g/mol. The molecule has 23 heavy (non-hydrogen) atoms. The van der Waals surface area contributed by atoms with Crippen LogP contribution in [0.15, 0.2) is 36.4 Å². The molecule has 0 unspecified atom stereocenters. The Labute approximate surface area is 136 Å². The fourth-order valence-corrected chi connectivity index (χ4v) is 2.77. The van der Waals surface area contributed by atoms with Crippen LogP contribution in [0.5, 0.6) is 5.75 Å². The van der Waals surface area contributed by atoms with Crippen LogP contribution in [0.25, 0.3) is 0 Å². The third-order valence-electron chi connectivity index (χ3n) is 4.08. The number of fused-ring (bicyclic) bond motifs is 1. The van der Waals surface area contributed by atoms with E-state index < -0.39 is 6.29 Å². The molecule has 2 aliphatic rings. The maximum atomic E-state index is 11.8. The fourth-order valence-electron chi connectivity index (χ4n) is 2.77. The first-order valence-electron chi connectivity index (χ1n) is 8.02. The molecule has 1 saturated heterocycles. The SMILES string of the molecule is COc1ccc([C@@H]2OC[C@H]3OC(=O)CCC/C=C\C[C@@H]3O2)cc1. The number of hydrogen-bond donors (Lipinski definition) is 0. The van der Waals surface area contributed by atoms with E-state index in [4.69, 9.17) is 18.9 Å². The van der Waals surface area contributed by atoms with Crippen LogP contribution in [0.4, 0.5) is 0 Å². The van der Waals surface area contributed by atoms with Gasteiger partial charge in [0.2, 0.25) is 0 Å². The summed E-state index contributed by atoms with van der Waals surface area (Å²) >= 11 is 0. The molecule has 0 spiro atoms. The van der Waals surface area contributed by atoms with Crippen LogP contribution in [0.1, 0.15) is 37.5 Å². The second-order valence-electron chi connectivity index (χ2n) is 5.74. The number of rotatable bonds is 2. The van der Waals surface area contributed by atoms with Gasteiger partial charge in [-0.1, -0.05) is 24.3 Å². The van der Waals surface area contributed by atoms with E-state index in [-0.39, 0.29) is 18.2 Å². The van der Waals surface area contributed by atoms with Gasteiger partial charge in [-0.05, 0) is 31.4 Å². The fraction of sp³-hybridized carbons (Fsp3) is 0.500. The Morgan fingerprint density at radius 3 is 2.74 bits per heavy atom. The predicted octanol–water partition coefficient (Wildman–Crippen LogP) is 3.15. The van der Waals surface area contributed by atoms with Crippen LogP contribution in [0.2, 0.25) is 0 Å². The molecule has 124 valence electrons. The van der Waals surface area contributed by atoms with Crippen molar-refractivity contribution in [2.24, 2.45) is 0 Å². The highest BCUT2D eigenvalue weighted by Gasteiger charge is 2.34. The van der Waals surface area contributed by atoms with E-state index in [9.17, 15) is 4.79 Å². The van der Waals surface area contributed by atoms with Gasteiger partial charge in [-0.3, -0.25) is 4.79 Å². The average molecular weight is 318 g/mol. The molecule has 0 bridgehead atoms. The van der Waals surface area contributed by atoms with E-state index in [1.807, 2.05) is 24.3 Å². The second-order valence-corrected chi connectivity index (χ2v) is 5.74. The molecule has 1 aromatic rings. The summed E-state index contributed by atoms with van der Waals surface area (Å²) in [5.41, 5.74) is 0.927. The normalized spacial score (nSPS) is 30.0. The van der Waals surface area contributed by atoms with Crippen LogP contribution in [0, 0.1) is 0 Å². The van der Waals surface area contributed by atoms with Crippen molar-refractivity contribution in [2.45, 2.75) is 44.2 Å². The van der Waals surface area contributed by atoms with Crippen LogP contribution in [0.3, 0.4) is 0 Å². The lowest BCUT2D eigenvalue weighted by Gasteiger charge is -2.36. The number of ether oxygens (including phenoxy) is 4. The zero-order valence-electron chi connectivity index (χ0n) is 13.3. The van der Waals surface area contributed by atoms with Crippen molar-refractivity contribution in [3.05, 3.63) is 42.0 Å². The molecule has 2 aliphatic heterocycles. The lowest BCUT2D eigenvalue weighted by molar-refractivity contribution is -0.261. The van der Waals surface area contributed by atoms with Crippen LogP contribution >= 0.6 is 0 Å². The smallest absolute Gasteiger partial charge is 0.306 e. The summed E-state index contributed by atoms with van der Waals surface area (Å²) in [6.45, 7) is 0.348. The Morgan fingerprint density at radius 2 is 1.96 bits per heavy atom. The van der Waals surface area contributed by atoms with Gasteiger partial charge < -0.3 is 18.9 Å². The van der Waals surface area contributed by atoms with Crippen LogP contribution in [-0.2, 0) is 19.0 Å². The summed E-state index contributed by atoms with van der Waals surface area (Å²) in [7, 11) is 1.63. The first-order chi connectivity index (χ1) is 11.3. The quantitative estimate of drug-likeness (QED) is 0.619. The third-order valence-corrected chi connectivity index (χ3v) is 4.08. The van der Waals surface area contributed by atoms with Gasteiger partial charge in [0.25, 0.3) is 0 Å². The number of hydrogen-bond acceptors (Lipinski definition) is 5. The topological polar surface area (TPSA) is 54.0 Å². The minimum Gasteiger partial charge on any atom is -0.497 e. The van der Waals surface area contributed by atoms with Gasteiger partial charge in [-0.25, -0.2) is 0 Å². The van der Waals surface area contributed by atoms with E-state index in [1.54, 1.807) is 7.11 Å². The Bertz CT molecular complexity index is 551. The molecule has 0 aromatic heterocycles. The molecule has 0 N–H and O–H groups in total. The van der Waals surface area contributed by atoms with Gasteiger partial charge in [-0.2, -0.15) is 0 Å². The van der Waals surface area contributed by atoms with Crippen molar-refractivity contribution >= 4 is 5.97 Å². The molecule has 5 heteroatoms. The Hall–Kier alpha value is -1.85. The third kappa shape index (κ3) is 4.12. The molecule has 3 rings (SSSR count). The van der Waals surface area contributed by atoms with Gasteiger partial charge >= 0.3 is 5.97 Å². The van der Waals surface area contributed by atoms with Crippen LogP contribution < -0.4 is 4.74 Å². The lowest BCUT2D eigenvalue weighted by Crippen LogP contribution is -2.43. The standard InChI is InChI=1S/C18H22O5/c1-20-14-10-8-13(9-11-14)18-21-12-16-15(23-18)6-4-2-3-5-7-17(19)22-16/h2,4,8-11,15-16,18H,3,5-7,12H2,1H3/b4-2-/t15-,16+,18+/m0/s1. The molecule has 0 amide bonds. The summed E-state index contributed by atoms with van der Waals surface area (Å²) < 4.78 is 22.5. The van der Waals surface area contributed by atoms with E-state index in [0.717, 1.165) is 24.2 Å². The molecule has 0 aliphatic carbocycles. The van der Waals surface area contributed by atoms with E-state index in [0.29, 0.717) is 19.4 Å². The van der Waals surface area contributed by atoms with E-state index >= 15 is 0 Å². The van der Waals surface area contributed by atoms with E-state index in [2.05, 4.69) is 12.2 Å². The molecule has 0 radical (unpaired) electrons. The molecule has 2 heterocycles. The monoisotopic (exact) mass is 318 g/mol. The minimum absolute atomic E-state index is 0.176. The van der Waals surface area contributed by atoms with Gasteiger partial charge in [0.05, 0.1) is 13.7 Å².